The first-order chi connectivity index (χ1) is 6.20. The summed E-state index contributed by atoms with van der Waals surface area (Å²) in [6, 6.07) is 0.630. The van der Waals surface area contributed by atoms with E-state index in [-0.39, 0.29) is 0 Å². The first kappa shape index (κ1) is 12.9. The van der Waals surface area contributed by atoms with Gasteiger partial charge in [0.15, 0.2) is 0 Å². The first-order valence-corrected chi connectivity index (χ1v) is 5.55. The van der Waals surface area contributed by atoms with E-state index in [1.807, 2.05) is 0 Å². The molecule has 0 saturated heterocycles. The number of ether oxygens (including phenoxy) is 1. The summed E-state index contributed by atoms with van der Waals surface area (Å²) in [6.07, 6.45) is 3.92. The van der Waals surface area contributed by atoms with Crippen LogP contribution in [0.25, 0.3) is 0 Å². The molecule has 0 aliphatic rings. The van der Waals surface area contributed by atoms with Crippen molar-refractivity contribution in [2.45, 2.75) is 59.1 Å². The molecule has 0 aliphatic carbocycles. The quantitative estimate of drug-likeness (QED) is 0.590. The van der Waals surface area contributed by atoms with Gasteiger partial charge in [-0.05, 0) is 39.7 Å². The Morgan fingerprint density at radius 2 is 1.92 bits per heavy atom. The summed E-state index contributed by atoms with van der Waals surface area (Å²) in [5, 5.41) is 3.39. The molecule has 2 nitrogen and oxygen atoms in total. The average molecular weight is 187 g/mol. The first-order valence-electron chi connectivity index (χ1n) is 5.55. The summed E-state index contributed by atoms with van der Waals surface area (Å²) in [6.45, 7) is 10.6. The molecule has 0 bridgehead atoms. The molecule has 2 unspecified atom stereocenters. The van der Waals surface area contributed by atoms with Crippen LogP contribution >= 0.6 is 0 Å². The van der Waals surface area contributed by atoms with Crippen LogP contribution in [0.4, 0.5) is 0 Å². The molecule has 0 aromatic heterocycles. The predicted octanol–water partition coefficient (Wildman–Crippen LogP) is 2.58. The zero-order chi connectivity index (χ0) is 10.1. The monoisotopic (exact) mass is 187 g/mol. The molecule has 0 fully saturated rings. The highest BCUT2D eigenvalue weighted by atomic mass is 16.5. The summed E-state index contributed by atoms with van der Waals surface area (Å²) >= 11 is 0. The van der Waals surface area contributed by atoms with Crippen molar-refractivity contribution in [2.75, 3.05) is 13.2 Å². The predicted molar refractivity (Wildman–Crippen MR) is 58.1 cm³/mol. The molecule has 0 radical (unpaired) electrons. The van der Waals surface area contributed by atoms with Crippen molar-refractivity contribution >= 4 is 0 Å². The van der Waals surface area contributed by atoms with Crippen LogP contribution in [0.1, 0.15) is 47.0 Å². The van der Waals surface area contributed by atoms with Gasteiger partial charge >= 0.3 is 0 Å². The van der Waals surface area contributed by atoms with Gasteiger partial charge in [0.25, 0.3) is 0 Å². The third kappa shape index (κ3) is 8.26. The zero-order valence-electron chi connectivity index (χ0n) is 9.60. The van der Waals surface area contributed by atoms with Gasteiger partial charge in [0.1, 0.15) is 0 Å². The number of rotatable bonds is 8. The van der Waals surface area contributed by atoms with Gasteiger partial charge in [0, 0.05) is 12.6 Å². The summed E-state index contributed by atoms with van der Waals surface area (Å²) in [5.41, 5.74) is 0. The van der Waals surface area contributed by atoms with E-state index in [4.69, 9.17) is 4.74 Å². The van der Waals surface area contributed by atoms with Gasteiger partial charge in [-0.25, -0.2) is 0 Å². The van der Waals surface area contributed by atoms with E-state index in [1.54, 1.807) is 0 Å². The maximum Gasteiger partial charge on any atom is 0.0544 e. The van der Waals surface area contributed by atoms with E-state index < -0.39 is 0 Å². The van der Waals surface area contributed by atoms with Crippen molar-refractivity contribution in [3.05, 3.63) is 0 Å². The Labute approximate surface area is 83.1 Å². The van der Waals surface area contributed by atoms with Crippen molar-refractivity contribution in [3.8, 4) is 0 Å². The van der Waals surface area contributed by atoms with Gasteiger partial charge in [-0.15, -0.1) is 0 Å². The van der Waals surface area contributed by atoms with Gasteiger partial charge < -0.3 is 10.1 Å². The van der Waals surface area contributed by atoms with Gasteiger partial charge in [-0.3, -0.25) is 0 Å². The third-order valence-electron chi connectivity index (χ3n) is 2.31. The molecule has 0 saturated carbocycles. The lowest BCUT2D eigenvalue weighted by Gasteiger charge is -2.13. The van der Waals surface area contributed by atoms with Crippen LogP contribution in [-0.4, -0.2) is 25.3 Å². The molecule has 0 amide bonds. The normalized spacial score (nSPS) is 15.7. The van der Waals surface area contributed by atoms with E-state index in [0.717, 1.165) is 19.6 Å². The molecule has 0 aliphatic heterocycles. The van der Waals surface area contributed by atoms with Gasteiger partial charge in [-0.1, -0.05) is 13.8 Å². The fourth-order valence-corrected chi connectivity index (χ4v) is 1.24. The Hall–Kier alpha value is -0.0800. The van der Waals surface area contributed by atoms with Crippen molar-refractivity contribution in [3.63, 3.8) is 0 Å². The lowest BCUT2D eigenvalue weighted by molar-refractivity contribution is 0.0600. The summed E-state index contributed by atoms with van der Waals surface area (Å²) in [5.74, 6) is 0. The average Bonchev–Trinajstić information content (AvgIpc) is 2.12. The fourth-order valence-electron chi connectivity index (χ4n) is 1.24. The van der Waals surface area contributed by atoms with Crippen molar-refractivity contribution < 1.29 is 4.74 Å². The lowest BCUT2D eigenvalue weighted by Crippen LogP contribution is -2.25. The molecular formula is C11H25NO. The fraction of sp³-hybridized carbons (Fsp3) is 1.00. The zero-order valence-corrected chi connectivity index (χ0v) is 9.60. The van der Waals surface area contributed by atoms with E-state index in [1.165, 1.54) is 12.8 Å². The van der Waals surface area contributed by atoms with Crippen LogP contribution < -0.4 is 5.32 Å². The van der Waals surface area contributed by atoms with Crippen LogP contribution in [0, 0.1) is 0 Å². The number of nitrogens with one attached hydrogen (secondary N) is 1. The molecule has 0 rings (SSSR count). The van der Waals surface area contributed by atoms with Gasteiger partial charge in [0.2, 0.25) is 0 Å². The molecule has 0 aromatic rings. The Balaban J connectivity index is 3.15. The van der Waals surface area contributed by atoms with Crippen molar-refractivity contribution in [1.29, 1.82) is 0 Å². The molecule has 80 valence electrons. The molecular weight excluding hydrogens is 162 g/mol. The maximum atomic E-state index is 5.59. The highest BCUT2D eigenvalue weighted by molar-refractivity contribution is 4.58. The van der Waals surface area contributed by atoms with Crippen molar-refractivity contribution in [2.24, 2.45) is 0 Å². The second kappa shape index (κ2) is 8.52. The van der Waals surface area contributed by atoms with Crippen LogP contribution in [0.2, 0.25) is 0 Å². The molecule has 13 heavy (non-hydrogen) atoms. The minimum Gasteiger partial charge on any atom is -0.379 e. The van der Waals surface area contributed by atoms with Crippen LogP contribution in [-0.2, 0) is 4.74 Å². The van der Waals surface area contributed by atoms with Crippen LogP contribution in [0.3, 0.4) is 0 Å². The molecule has 1 N–H and O–H groups in total. The Morgan fingerprint density at radius 3 is 2.46 bits per heavy atom. The molecule has 2 atom stereocenters. The van der Waals surface area contributed by atoms with E-state index in [0.29, 0.717) is 12.1 Å². The smallest absolute Gasteiger partial charge is 0.0544 e. The minimum atomic E-state index is 0.425. The molecule has 0 spiro atoms. The highest BCUT2D eigenvalue weighted by Crippen LogP contribution is 2.01. The summed E-state index contributed by atoms with van der Waals surface area (Å²) in [4.78, 5) is 0. The highest BCUT2D eigenvalue weighted by Gasteiger charge is 2.01. The van der Waals surface area contributed by atoms with E-state index >= 15 is 0 Å². The number of hydrogen-bond acceptors (Lipinski definition) is 2. The standard InChI is InChI=1S/C11H25NO/c1-5-11(4)13-9-7-8-10(3)12-6-2/h10-12H,5-9H2,1-4H3. The van der Waals surface area contributed by atoms with E-state index in [9.17, 15) is 0 Å². The molecule has 2 heteroatoms. The van der Waals surface area contributed by atoms with Crippen LogP contribution in [0.5, 0.6) is 0 Å². The Bertz CT molecular complexity index is 106. The topological polar surface area (TPSA) is 21.3 Å². The van der Waals surface area contributed by atoms with Crippen molar-refractivity contribution in [1.82, 2.24) is 5.32 Å². The minimum absolute atomic E-state index is 0.425. The largest absolute Gasteiger partial charge is 0.379 e. The summed E-state index contributed by atoms with van der Waals surface area (Å²) in [7, 11) is 0. The lowest BCUT2D eigenvalue weighted by atomic mass is 10.2. The Kier molecular flexibility index (Phi) is 8.46. The SMILES string of the molecule is CCNC(C)CCCOC(C)CC. The maximum absolute atomic E-state index is 5.59. The van der Waals surface area contributed by atoms with E-state index in [2.05, 4.69) is 33.0 Å². The second-order valence-electron chi connectivity index (χ2n) is 3.69. The molecule has 0 aromatic carbocycles. The van der Waals surface area contributed by atoms with Crippen LogP contribution in [0.15, 0.2) is 0 Å². The third-order valence-corrected chi connectivity index (χ3v) is 2.31. The number of hydrogen-bond donors (Lipinski definition) is 1. The molecule has 0 heterocycles. The second-order valence-corrected chi connectivity index (χ2v) is 3.69. The Morgan fingerprint density at radius 1 is 1.23 bits per heavy atom. The van der Waals surface area contributed by atoms with Gasteiger partial charge in [0.05, 0.1) is 6.10 Å². The summed E-state index contributed by atoms with van der Waals surface area (Å²) < 4.78 is 5.59. The van der Waals surface area contributed by atoms with Gasteiger partial charge in [-0.2, -0.15) is 0 Å².